The molecule has 0 bridgehead atoms. The molecule has 1 fully saturated rings. The van der Waals surface area contributed by atoms with Gasteiger partial charge in [-0.25, -0.2) is 13.4 Å². The van der Waals surface area contributed by atoms with Crippen LogP contribution in [0.1, 0.15) is 23.9 Å². The number of hydrogen-bond acceptors (Lipinski definition) is 5. The lowest BCUT2D eigenvalue weighted by Crippen LogP contribution is -2.04. The molecule has 82 valence electrons. The standard InChI is InChI=1S/C9H11NO4S/c11-3-1-8-5-14-9(10-8)7-2-4-15(12,13)6-7/h3,5,7H,1-2,4,6H2. The number of carbonyl (C=O) groups is 1. The Labute approximate surface area is 87.4 Å². The minimum Gasteiger partial charge on any atom is -0.448 e. The van der Waals surface area contributed by atoms with Crippen LogP contribution in [-0.2, 0) is 21.1 Å². The fourth-order valence-electron chi connectivity index (χ4n) is 1.68. The van der Waals surface area contributed by atoms with Crippen LogP contribution in [0.5, 0.6) is 0 Å². The summed E-state index contributed by atoms with van der Waals surface area (Å²) in [5.74, 6) is 0.597. The third-order valence-electron chi connectivity index (χ3n) is 2.44. The number of hydrogen-bond donors (Lipinski definition) is 0. The van der Waals surface area contributed by atoms with Gasteiger partial charge in [0, 0.05) is 6.42 Å². The van der Waals surface area contributed by atoms with Crippen LogP contribution in [0.3, 0.4) is 0 Å². The van der Waals surface area contributed by atoms with Crippen LogP contribution in [0.25, 0.3) is 0 Å². The van der Waals surface area contributed by atoms with E-state index in [1.54, 1.807) is 0 Å². The minimum absolute atomic E-state index is 0.105. The van der Waals surface area contributed by atoms with Crippen molar-refractivity contribution in [3.8, 4) is 0 Å². The quantitative estimate of drug-likeness (QED) is 0.697. The lowest BCUT2D eigenvalue weighted by Gasteiger charge is -1.99. The highest BCUT2D eigenvalue weighted by Gasteiger charge is 2.32. The van der Waals surface area contributed by atoms with Gasteiger partial charge in [0.05, 0.1) is 23.1 Å². The van der Waals surface area contributed by atoms with Crippen LogP contribution in [0.4, 0.5) is 0 Å². The van der Waals surface area contributed by atoms with Crippen LogP contribution in [0.2, 0.25) is 0 Å². The van der Waals surface area contributed by atoms with Crippen molar-refractivity contribution >= 4 is 16.1 Å². The molecule has 1 aromatic rings. The maximum atomic E-state index is 11.2. The number of sulfone groups is 1. The zero-order chi connectivity index (χ0) is 10.9. The van der Waals surface area contributed by atoms with Crippen LogP contribution in [-0.4, -0.2) is 31.2 Å². The van der Waals surface area contributed by atoms with Gasteiger partial charge >= 0.3 is 0 Å². The fourth-order valence-corrected chi connectivity index (χ4v) is 3.41. The fraction of sp³-hybridized carbons (Fsp3) is 0.556. The highest BCUT2D eigenvalue weighted by molar-refractivity contribution is 7.91. The zero-order valence-corrected chi connectivity index (χ0v) is 8.87. The monoisotopic (exact) mass is 229 g/mol. The van der Waals surface area contributed by atoms with Crippen LogP contribution < -0.4 is 0 Å². The summed E-state index contributed by atoms with van der Waals surface area (Å²) in [6, 6.07) is 0. The number of rotatable bonds is 3. The normalized spacial score (nSPS) is 24.1. The van der Waals surface area contributed by atoms with Crippen LogP contribution >= 0.6 is 0 Å². The van der Waals surface area contributed by atoms with E-state index in [0.717, 1.165) is 6.29 Å². The molecule has 15 heavy (non-hydrogen) atoms. The Hall–Kier alpha value is -1.17. The summed E-state index contributed by atoms with van der Waals surface area (Å²) < 4.78 is 27.6. The average Bonchev–Trinajstić information content (AvgIpc) is 2.73. The van der Waals surface area contributed by atoms with Gasteiger partial charge in [0.25, 0.3) is 0 Å². The molecule has 0 N–H and O–H groups in total. The van der Waals surface area contributed by atoms with Crippen molar-refractivity contribution in [1.29, 1.82) is 0 Å². The minimum atomic E-state index is -2.92. The SMILES string of the molecule is O=CCc1coc(C2CCS(=O)(=O)C2)n1. The first-order valence-corrected chi connectivity index (χ1v) is 6.51. The van der Waals surface area contributed by atoms with Crippen molar-refractivity contribution in [3.63, 3.8) is 0 Å². The molecule has 0 radical (unpaired) electrons. The lowest BCUT2D eigenvalue weighted by molar-refractivity contribution is -0.107. The molecule has 0 aliphatic carbocycles. The second-order valence-corrected chi connectivity index (χ2v) is 5.88. The van der Waals surface area contributed by atoms with Crippen LogP contribution in [0.15, 0.2) is 10.7 Å². The van der Waals surface area contributed by atoms with Gasteiger partial charge in [0.15, 0.2) is 15.7 Å². The average molecular weight is 229 g/mol. The smallest absolute Gasteiger partial charge is 0.198 e. The predicted octanol–water partition coefficient (Wildman–Crippen LogP) is 0.318. The number of aromatic nitrogens is 1. The van der Waals surface area contributed by atoms with E-state index in [4.69, 9.17) is 4.42 Å². The zero-order valence-electron chi connectivity index (χ0n) is 8.05. The van der Waals surface area contributed by atoms with Crippen molar-refractivity contribution in [2.24, 2.45) is 0 Å². The Morgan fingerprint density at radius 3 is 3.00 bits per heavy atom. The van der Waals surface area contributed by atoms with E-state index in [9.17, 15) is 13.2 Å². The molecule has 2 heterocycles. The van der Waals surface area contributed by atoms with Crippen molar-refractivity contribution in [2.75, 3.05) is 11.5 Å². The van der Waals surface area contributed by atoms with Crippen molar-refractivity contribution < 1.29 is 17.6 Å². The summed E-state index contributed by atoms with van der Waals surface area (Å²) in [6.45, 7) is 0. The van der Waals surface area contributed by atoms with E-state index in [0.29, 0.717) is 18.0 Å². The maximum Gasteiger partial charge on any atom is 0.198 e. The van der Waals surface area contributed by atoms with E-state index >= 15 is 0 Å². The van der Waals surface area contributed by atoms with Crippen LogP contribution in [0, 0.1) is 0 Å². The third kappa shape index (κ3) is 2.26. The molecule has 1 saturated heterocycles. The van der Waals surface area contributed by atoms with E-state index in [1.807, 2.05) is 0 Å². The predicted molar refractivity (Wildman–Crippen MR) is 52.3 cm³/mol. The second-order valence-electron chi connectivity index (χ2n) is 3.65. The molecular formula is C9H11NO4S. The summed E-state index contributed by atoms with van der Waals surface area (Å²) >= 11 is 0. The van der Waals surface area contributed by atoms with Crippen molar-refractivity contribution in [2.45, 2.75) is 18.8 Å². The molecule has 5 nitrogen and oxygen atoms in total. The van der Waals surface area contributed by atoms with Crippen molar-refractivity contribution in [3.05, 3.63) is 17.8 Å². The maximum absolute atomic E-state index is 11.2. The molecule has 0 spiro atoms. The van der Waals surface area contributed by atoms with E-state index in [-0.39, 0.29) is 23.8 Å². The first-order valence-electron chi connectivity index (χ1n) is 4.69. The van der Waals surface area contributed by atoms with Gasteiger partial charge in [0.2, 0.25) is 0 Å². The Kier molecular flexibility index (Phi) is 2.60. The van der Waals surface area contributed by atoms with Gasteiger partial charge < -0.3 is 9.21 Å². The Morgan fingerprint density at radius 1 is 1.60 bits per heavy atom. The Balaban J connectivity index is 2.13. The molecular weight excluding hydrogens is 218 g/mol. The summed E-state index contributed by atoms with van der Waals surface area (Å²) in [5.41, 5.74) is 0.560. The van der Waals surface area contributed by atoms with Gasteiger partial charge in [-0.05, 0) is 6.42 Å². The molecule has 1 atom stereocenters. The first-order chi connectivity index (χ1) is 7.11. The number of carbonyl (C=O) groups excluding carboxylic acids is 1. The molecule has 0 aromatic carbocycles. The largest absolute Gasteiger partial charge is 0.448 e. The van der Waals surface area contributed by atoms with Gasteiger partial charge in [-0.15, -0.1) is 0 Å². The summed E-state index contributed by atoms with van der Waals surface area (Å²) in [5, 5.41) is 0. The molecule has 1 unspecified atom stereocenters. The Bertz CT molecular complexity index is 462. The molecule has 1 aliphatic rings. The molecule has 1 aliphatic heterocycles. The summed E-state index contributed by atoms with van der Waals surface area (Å²) in [4.78, 5) is 14.3. The lowest BCUT2D eigenvalue weighted by atomic mass is 10.1. The molecule has 0 amide bonds. The van der Waals surface area contributed by atoms with E-state index < -0.39 is 9.84 Å². The first kappa shape index (κ1) is 10.4. The number of oxazole rings is 1. The van der Waals surface area contributed by atoms with Gasteiger partial charge in [-0.3, -0.25) is 0 Å². The highest BCUT2D eigenvalue weighted by atomic mass is 32.2. The molecule has 0 saturated carbocycles. The topological polar surface area (TPSA) is 77.2 Å². The molecule has 2 rings (SSSR count). The number of aldehydes is 1. The summed E-state index contributed by atoms with van der Waals surface area (Å²) in [7, 11) is -2.92. The van der Waals surface area contributed by atoms with Gasteiger partial charge in [-0.1, -0.05) is 0 Å². The summed E-state index contributed by atoms with van der Waals surface area (Å²) in [6.07, 6.45) is 2.92. The van der Waals surface area contributed by atoms with Crippen molar-refractivity contribution in [1.82, 2.24) is 4.98 Å². The van der Waals surface area contributed by atoms with Gasteiger partial charge in [-0.2, -0.15) is 0 Å². The Morgan fingerprint density at radius 2 is 2.40 bits per heavy atom. The van der Waals surface area contributed by atoms with Gasteiger partial charge in [0.1, 0.15) is 12.5 Å². The third-order valence-corrected chi connectivity index (χ3v) is 4.21. The number of nitrogens with zero attached hydrogens (tertiary/aromatic N) is 1. The molecule has 1 aromatic heterocycles. The second kappa shape index (κ2) is 3.77. The highest BCUT2D eigenvalue weighted by Crippen LogP contribution is 2.28. The van der Waals surface area contributed by atoms with E-state index in [1.165, 1.54) is 6.26 Å². The molecule has 6 heteroatoms. The van der Waals surface area contributed by atoms with E-state index in [2.05, 4.69) is 4.98 Å².